The Morgan fingerprint density at radius 3 is 2.56 bits per heavy atom. The fourth-order valence-corrected chi connectivity index (χ4v) is 4.28. The Balaban J connectivity index is 1.35. The molecule has 27 heavy (non-hydrogen) atoms. The lowest BCUT2D eigenvalue weighted by atomic mass is 10.2. The first-order valence-electron chi connectivity index (χ1n) is 8.96. The van der Waals surface area contributed by atoms with Gasteiger partial charge in [0.2, 0.25) is 5.91 Å². The smallest absolute Gasteiger partial charge is 0.233 e. The van der Waals surface area contributed by atoms with Gasteiger partial charge < -0.3 is 9.80 Å². The van der Waals surface area contributed by atoms with Crippen LogP contribution in [0.5, 0.6) is 0 Å². The minimum atomic E-state index is -0.211. The molecule has 0 unspecified atom stereocenters. The van der Waals surface area contributed by atoms with Gasteiger partial charge in [0, 0.05) is 42.7 Å². The third-order valence-corrected chi connectivity index (χ3v) is 5.84. The van der Waals surface area contributed by atoms with E-state index in [2.05, 4.69) is 4.98 Å². The van der Waals surface area contributed by atoms with Crippen molar-refractivity contribution in [1.82, 2.24) is 9.88 Å². The number of anilines is 1. The number of carbonyl (C=O) groups is 1. The lowest BCUT2D eigenvalue weighted by molar-refractivity contribution is -0.128. The Morgan fingerprint density at radius 2 is 1.74 bits per heavy atom. The summed E-state index contributed by atoms with van der Waals surface area (Å²) in [6.45, 7) is 2.53. The number of carbonyl (C=O) groups excluding carboxylic acids is 1. The van der Waals surface area contributed by atoms with Gasteiger partial charge in [0.05, 0.1) is 17.0 Å². The third kappa shape index (κ3) is 3.90. The number of nitrogens with zero attached hydrogens (tertiary/aromatic N) is 3. The van der Waals surface area contributed by atoms with Crippen LogP contribution in [0.15, 0.2) is 65.7 Å². The molecule has 3 aromatic rings. The summed E-state index contributed by atoms with van der Waals surface area (Å²) in [4.78, 5) is 21.9. The summed E-state index contributed by atoms with van der Waals surface area (Å²) in [7, 11) is 0. The second-order valence-corrected chi connectivity index (χ2v) is 7.45. The molecule has 1 saturated heterocycles. The lowest BCUT2D eigenvalue weighted by Gasteiger charge is -2.36. The van der Waals surface area contributed by atoms with Gasteiger partial charge in [0.1, 0.15) is 5.82 Å². The van der Waals surface area contributed by atoms with Crippen molar-refractivity contribution in [3.8, 4) is 0 Å². The van der Waals surface area contributed by atoms with Crippen molar-refractivity contribution in [2.45, 2.75) is 4.90 Å². The predicted octanol–water partition coefficient (Wildman–Crippen LogP) is 3.81. The number of hydrogen-bond acceptors (Lipinski definition) is 4. The fraction of sp³-hybridized carbons (Fsp3) is 0.238. The first kappa shape index (κ1) is 17.8. The minimum absolute atomic E-state index is 0.120. The average molecular weight is 381 g/mol. The maximum absolute atomic E-state index is 13.9. The van der Waals surface area contributed by atoms with Crippen LogP contribution in [-0.4, -0.2) is 47.7 Å². The normalized spacial score (nSPS) is 14.6. The number of amides is 1. The molecule has 1 aromatic heterocycles. The zero-order valence-electron chi connectivity index (χ0n) is 14.8. The highest BCUT2D eigenvalue weighted by molar-refractivity contribution is 8.00. The number of fused-ring (bicyclic) bond motifs is 1. The van der Waals surface area contributed by atoms with Crippen LogP contribution < -0.4 is 4.90 Å². The molecule has 0 N–H and O–H groups in total. The molecule has 138 valence electrons. The number of piperazine rings is 1. The molecule has 0 spiro atoms. The van der Waals surface area contributed by atoms with Crippen molar-refractivity contribution in [2.75, 3.05) is 36.8 Å². The highest BCUT2D eigenvalue weighted by Gasteiger charge is 2.22. The maximum Gasteiger partial charge on any atom is 0.233 e. The monoisotopic (exact) mass is 381 g/mol. The van der Waals surface area contributed by atoms with E-state index >= 15 is 0 Å². The van der Waals surface area contributed by atoms with Gasteiger partial charge in [-0.05, 0) is 24.3 Å². The molecule has 2 aromatic carbocycles. The molecule has 1 aliphatic rings. The van der Waals surface area contributed by atoms with Crippen molar-refractivity contribution in [2.24, 2.45) is 0 Å². The van der Waals surface area contributed by atoms with Crippen LogP contribution in [0.1, 0.15) is 0 Å². The molecule has 0 bridgehead atoms. The average Bonchev–Trinajstić information content (AvgIpc) is 2.72. The fourth-order valence-electron chi connectivity index (χ4n) is 3.33. The standard InChI is InChI=1S/C21H20FN3OS/c22-17-6-2-4-8-19(17)24-11-13-25(14-12-24)21(26)15-27-20-9-10-23-18-7-3-1-5-16(18)20/h1-10H,11-15H2. The Labute approximate surface area is 162 Å². The molecular weight excluding hydrogens is 361 g/mol. The predicted molar refractivity (Wildman–Crippen MR) is 108 cm³/mol. The summed E-state index contributed by atoms with van der Waals surface area (Å²) in [5.74, 6) is 0.305. The maximum atomic E-state index is 13.9. The quantitative estimate of drug-likeness (QED) is 0.644. The van der Waals surface area contributed by atoms with Crippen LogP contribution in [0.4, 0.5) is 10.1 Å². The van der Waals surface area contributed by atoms with Crippen molar-refractivity contribution in [3.63, 3.8) is 0 Å². The number of benzene rings is 2. The Kier molecular flexibility index (Phi) is 5.25. The zero-order chi connectivity index (χ0) is 18.6. The Bertz CT molecular complexity index is 952. The van der Waals surface area contributed by atoms with E-state index in [0.717, 1.165) is 15.8 Å². The van der Waals surface area contributed by atoms with Gasteiger partial charge >= 0.3 is 0 Å². The van der Waals surface area contributed by atoms with E-state index in [-0.39, 0.29) is 11.7 Å². The van der Waals surface area contributed by atoms with Gasteiger partial charge in [0.15, 0.2) is 0 Å². The summed E-state index contributed by atoms with van der Waals surface area (Å²) in [5.41, 5.74) is 1.55. The number of para-hydroxylation sites is 2. The number of thioether (sulfide) groups is 1. The molecule has 0 aliphatic carbocycles. The number of aromatic nitrogens is 1. The number of halogens is 1. The molecule has 6 heteroatoms. The summed E-state index contributed by atoms with van der Waals surface area (Å²) >= 11 is 1.55. The van der Waals surface area contributed by atoms with Gasteiger partial charge in [-0.1, -0.05) is 30.3 Å². The van der Waals surface area contributed by atoms with Gasteiger partial charge in [-0.2, -0.15) is 0 Å². The first-order chi connectivity index (χ1) is 13.2. The van der Waals surface area contributed by atoms with Crippen LogP contribution in [0.25, 0.3) is 10.9 Å². The van der Waals surface area contributed by atoms with Crippen LogP contribution in [-0.2, 0) is 4.79 Å². The molecule has 1 fully saturated rings. The van der Waals surface area contributed by atoms with Gasteiger partial charge in [-0.25, -0.2) is 4.39 Å². The first-order valence-corrected chi connectivity index (χ1v) is 9.95. The molecular formula is C21H20FN3OS. The Morgan fingerprint density at radius 1 is 1.00 bits per heavy atom. The number of hydrogen-bond donors (Lipinski definition) is 0. The van der Waals surface area contributed by atoms with Crippen molar-refractivity contribution in [3.05, 3.63) is 66.6 Å². The molecule has 4 rings (SSSR count). The summed E-state index contributed by atoms with van der Waals surface area (Å²) in [5, 5.41) is 1.07. The second kappa shape index (κ2) is 7.96. The van der Waals surface area contributed by atoms with E-state index in [1.165, 1.54) is 6.07 Å². The Hall–Kier alpha value is -2.60. The summed E-state index contributed by atoms with van der Waals surface area (Å²) in [6.07, 6.45) is 1.78. The SMILES string of the molecule is O=C(CSc1ccnc2ccccc12)N1CCN(c2ccccc2F)CC1. The topological polar surface area (TPSA) is 36.4 Å². The van der Waals surface area contributed by atoms with E-state index < -0.39 is 0 Å². The van der Waals surface area contributed by atoms with Crippen LogP contribution in [0, 0.1) is 5.82 Å². The molecule has 0 radical (unpaired) electrons. The van der Waals surface area contributed by atoms with Crippen molar-refractivity contribution in [1.29, 1.82) is 0 Å². The number of pyridine rings is 1. The van der Waals surface area contributed by atoms with E-state index in [0.29, 0.717) is 37.6 Å². The number of rotatable bonds is 4. The van der Waals surface area contributed by atoms with Crippen LogP contribution in [0.2, 0.25) is 0 Å². The van der Waals surface area contributed by atoms with Gasteiger partial charge in [0.25, 0.3) is 0 Å². The summed E-state index contributed by atoms with van der Waals surface area (Å²) in [6, 6.07) is 16.7. The van der Waals surface area contributed by atoms with E-state index in [9.17, 15) is 9.18 Å². The second-order valence-electron chi connectivity index (χ2n) is 6.43. The van der Waals surface area contributed by atoms with Crippen LogP contribution >= 0.6 is 11.8 Å². The largest absolute Gasteiger partial charge is 0.366 e. The zero-order valence-corrected chi connectivity index (χ0v) is 15.7. The van der Waals surface area contributed by atoms with Gasteiger partial charge in [-0.3, -0.25) is 9.78 Å². The molecule has 0 atom stereocenters. The van der Waals surface area contributed by atoms with E-state index in [1.807, 2.05) is 46.2 Å². The van der Waals surface area contributed by atoms with Gasteiger partial charge in [-0.15, -0.1) is 11.8 Å². The molecule has 0 saturated carbocycles. The summed E-state index contributed by atoms with van der Waals surface area (Å²) < 4.78 is 13.9. The minimum Gasteiger partial charge on any atom is -0.366 e. The highest BCUT2D eigenvalue weighted by atomic mass is 32.2. The van der Waals surface area contributed by atoms with Crippen molar-refractivity contribution >= 4 is 34.3 Å². The van der Waals surface area contributed by atoms with Crippen LogP contribution in [0.3, 0.4) is 0 Å². The highest BCUT2D eigenvalue weighted by Crippen LogP contribution is 2.27. The van der Waals surface area contributed by atoms with E-state index in [1.54, 1.807) is 30.1 Å². The molecule has 4 nitrogen and oxygen atoms in total. The third-order valence-electron chi connectivity index (χ3n) is 4.79. The van der Waals surface area contributed by atoms with E-state index in [4.69, 9.17) is 0 Å². The van der Waals surface area contributed by atoms with Crippen molar-refractivity contribution < 1.29 is 9.18 Å². The molecule has 1 amide bonds. The molecule has 1 aliphatic heterocycles. The molecule has 2 heterocycles. The lowest BCUT2D eigenvalue weighted by Crippen LogP contribution is -2.49.